The first-order chi connectivity index (χ1) is 17.9. The lowest BCUT2D eigenvalue weighted by Crippen LogP contribution is -2.00. The van der Waals surface area contributed by atoms with Gasteiger partial charge >= 0.3 is 5.97 Å². The van der Waals surface area contributed by atoms with E-state index in [9.17, 15) is 4.79 Å². The van der Waals surface area contributed by atoms with Crippen molar-refractivity contribution in [3.05, 3.63) is 94.1 Å². The Balaban J connectivity index is 1.37. The van der Waals surface area contributed by atoms with Crippen molar-refractivity contribution in [2.45, 2.75) is 26.4 Å². The van der Waals surface area contributed by atoms with Crippen LogP contribution in [0.25, 0.3) is 33.3 Å². The van der Waals surface area contributed by atoms with Gasteiger partial charge in [-0.15, -0.1) is 0 Å². The molecule has 3 heterocycles. The van der Waals surface area contributed by atoms with Crippen LogP contribution in [0.5, 0.6) is 5.75 Å². The minimum absolute atomic E-state index is 0.0212. The molecular formula is C28H21Cl2N3O4. The number of nitrogens with zero attached hydrogens (tertiary/aromatic N) is 3. The van der Waals surface area contributed by atoms with Crippen LogP contribution in [0.1, 0.15) is 35.2 Å². The quantitative estimate of drug-likeness (QED) is 0.206. The van der Waals surface area contributed by atoms with Crippen molar-refractivity contribution in [3.63, 3.8) is 0 Å². The van der Waals surface area contributed by atoms with Crippen molar-refractivity contribution in [3.8, 4) is 28.1 Å². The van der Waals surface area contributed by atoms with E-state index >= 15 is 0 Å². The van der Waals surface area contributed by atoms with Crippen LogP contribution in [0.3, 0.4) is 0 Å². The summed E-state index contributed by atoms with van der Waals surface area (Å²) < 4.78 is 11.7. The highest BCUT2D eigenvalue weighted by Gasteiger charge is 2.22. The molecule has 0 saturated heterocycles. The lowest BCUT2D eigenvalue weighted by molar-refractivity contribution is 0.0691. The third-order valence-electron chi connectivity index (χ3n) is 5.92. The number of aromatic carboxylic acids is 1. The number of pyridine rings is 2. The molecular weight excluding hydrogens is 513 g/mol. The number of benzene rings is 2. The third kappa shape index (κ3) is 5.14. The molecule has 186 valence electrons. The molecule has 0 spiro atoms. The van der Waals surface area contributed by atoms with Gasteiger partial charge in [-0.25, -0.2) is 14.8 Å². The summed E-state index contributed by atoms with van der Waals surface area (Å²) in [6.07, 6.45) is 3.12. The molecule has 1 N–H and O–H groups in total. The maximum absolute atomic E-state index is 11.2. The molecule has 0 bridgehead atoms. The van der Waals surface area contributed by atoms with Crippen molar-refractivity contribution < 1.29 is 19.2 Å². The fraction of sp³-hybridized carbons (Fsp3) is 0.143. The minimum Gasteiger partial charge on any atom is -0.489 e. The van der Waals surface area contributed by atoms with Crippen LogP contribution < -0.4 is 4.74 Å². The van der Waals surface area contributed by atoms with Gasteiger partial charge in [0.05, 0.1) is 21.7 Å². The predicted molar refractivity (Wildman–Crippen MR) is 142 cm³/mol. The van der Waals surface area contributed by atoms with Crippen molar-refractivity contribution in [2.75, 3.05) is 0 Å². The van der Waals surface area contributed by atoms with Crippen LogP contribution in [0, 0.1) is 0 Å². The fourth-order valence-corrected chi connectivity index (χ4v) is 4.59. The van der Waals surface area contributed by atoms with E-state index < -0.39 is 5.97 Å². The highest BCUT2D eigenvalue weighted by atomic mass is 35.5. The lowest BCUT2D eigenvalue weighted by Gasteiger charge is -2.10. The first kappa shape index (κ1) is 24.7. The second-order valence-corrected chi connectivity index (χ2v) is 9.13. The van der Waals surface area contributed by atoms with Gasteiger partial charge in [0.2, 0.25) is 0 Å². The first-order valence-electron chi connectivity index (χ1n) is 11.6. The number of hydrogen-bond acceptors (Lipinski definition) is 6. The molecule has 0 radical (unpaired) electrons. The number of carboxylic acid groups (broad SMARTS) is 1. The van der Waals surface area contributed by atoms with E-state index in [4.69, 9.17) is 37.6 Å². The normalized spacial score (nSPS) is 11.1. The van der Waals surface area contributed by atoms with Gasteiger partial charge in [-0.05, 0) is 53.9 Å². The topological polar surface area (TPSA) is 98.3 Å². The second-order valence-electron chi connectivity index (χ2n) is 8.36. The summed E-state index contributed by atoms with van der Waals surface area (Å²) in [6.45, 7) is 2.28. The molecule has 0 atom stereocenters. The molecule has 0 aliphatic carbocycles. The average Bonchev–Trinajstić information content (AvgIpc) is 3.29. The largest absolute Gasteiger partial charge is 0.489 e. The summed E-state index contributed by atoms with van der Waals surface area (Å²) in [7, 11) is 0. The standard InChI is InChI=1S/C28H21Cl2N3O4/c1-2-3-24-20(26(33-37-24)25-21(29)12-13-31-27(25)30)15-36-19-8-4-16(5-9-19)17-6-10-22-18(14-17)7-11-23(32-22)28(34)35/h4-14H,2-3,15H2,1H3,(H,34,35). The highest BCUT2D eigenvalue weighted by Crippen LogP contribution is 2.36. The highest BCUT2D eigenvalue weighted by molar-refractivity contribution is 6.38. The molecule has 7 nitrogen and oxygen atoms in total. The van der Waals surface area contributed by atoms with Gasteiger partial charge in [0, 0.05) is 18.0 Å². The van der Waals surface area contributed by atoms with Crippen LogP contribution in [-0.4, -0.2) is 26.2 Å². The van der Waals surface area contributed by atoms with Crippen molar-refractivity contribution >= 4 is 40.1 Å². The molecule has 37 heavy (non-hydrogen) atoms. The Morgan fingerprint density at radius 2 is 1.81 bits per heavy atom. The lowest BCUT2D eigenvalue weighted by atomic mass is 10.0. The van der Waals surface area contributed by atoms with Gasteiger partial charge < -0.3 is 14.4 Å². The van der Waals surface area contributed by atoms with E-state index in [-0.39, 0.29) is 17.5 Å². The number of rotatable bonds is 8. The van der Waals surface area contributed by atoms with Crippen molar-refractivity contribution in [1.29, 1.82) is 0 Å². The van der Waals surface area contributed by atoms with Crippen LogP contribution in [0.2, 0.25) is 10.2 Å². The molecule has 2 aromatic carbocycles. The van der Waals surface area contributed by atoms with E-state index in [0.29, 0.717) is 34.0 Å². The minimum atomic E-state index is -1.05. The van der Waals surface area contributed by atoms with Crippen LogP contribution in [-0.2, 0) is 13.0 Å². The first-order valence-corrected chi connectivity index (χ1v) is 12.4. The molecule has 5 rings (SSSR count). The van der Waals surface area contributed by atoms with E-state index in [0.717, 1.165) is 34.3 Å². The number of halogens is 2. The molecule has 0 unspecified atom stereocenters. The van der Waals surface area contributed by atoms with Gasteiger partial charge in [0.15, 0.2) is 0 Å². The molecule has 0 aliphatic rings. The van der Waals surface area contributed by atoms with Gasteiger partial charge in [-0.1, -0.05) is 59.5 Å². The molecule has 0 amide bonds. The van der Waals surface area contributed by atoms with E-state index in [1.54, 1.807) is 12.1 Å². The van der Waals surface area contributed by atoms with Crippen LogP contribution in [0.15, 0.2) is 71.4 Å². The number of aromatic nitrogens is 3. The Hall–Kier alpha value is -3.94. The van der Waals surface area contributed by atoms with E-state index in [1.165, 1.54) is 12.3 Å². The number of carboxylic acids is 1. The van der Waals surface area contributed by atoms with Gasteiger partial charge in [-0.2, -0.15) is 0 Å². The Bertz CT molecular complexity index is 1580. The van der Waals surface area contributed by atoms with Crippen LogP contribution >= 0.6 is 23.2 Å². The number of ether oxygens (including phenoxy) is 1. The van der Waals surface area contributed by atoms with Crippen LogP contribution in [0.4, 0.5) is 0 Å². The molecule has 9 heteroatoms. The van der Waals surface area contributed by atoms with E-state index in [2.05, 4.69) is 22.0 Å². The SMILES string of the molecule is CCCc1onc(-c2c(Cl)ccnc2Cl)c1COc1ccc(-c2ccc3nc(C(=O)O)ccc3c2)cc1. The molecule has 5 aromatic rings. The molecule has 3 aromatic heterocycles. The summed E-state index contributed by atoms with van der Waals surface area (Å²) in [5, 5.41) is 14.9. The summed E-state index contributed by atoms with van der Waals surface area (Å²) >= 11 is 12.7. The molecule has 0 fully saturated rings. The Morgan fingerprint density at radius 3 is 2.54 bits per heavy atom. The number of aryl methyl sites for hydroxylation is 1. The smallest absolute Gasteiger partial charge is 0.354 e. The number of hydrogen-bond donors (Lipinski definition) is 1. The zero-order valence-electron chi connectivity index (χ0n) is 19.7. The van der Waals surface area contributed by atoms with Crippen molar-refractivity contribution in [2.24, 2.45) is 0 Å². The summed E-state index contributed by atoms with van der Waals surface area (Å²) in [4.78, 5) is 19.5. The maximum atomic E-state index is 11.2. The van der Waals surface area contributed by atoms with E-state index in [1.807, 2.05) is 42.5 Å². The van der Waals surface area contributed by atoms with Gasteiger partial charge in [0.1, 0.15) is 34.7 Å². The Morgan fingerprint density at radius 1 is 1.03 bits per heavy atom. The summed E-state index contributed by atoms with van der Waals surface area (Å²) in [5.74, 6) is 0.351. The zero-order valence-corrected chi connectivity index (χ0v) is 21.3. The molecule has 0 saturated carbocycles. The third-order valence-corrected chi connectivity index (χ3v) is 6.52. The van der Waals surface area contributed by atoms with Gasteiger partial charge in [0.25, 0.3) is 0 Å². The molecule has 0 aliphatic heterocycles. The summed E-state index contributed by atoms with van der Waals surface area (Å²) in [6, 6.07) is 18.3. The Labute approximate surface area is 222 Å². The fourth-order valence-electron chi connectivity index (χ4n) is 4.06. The number of fused-ring (bicyclic) bond motifs is 1. The predicted octanol–water partition coefficient (Wildman–Crippen LogP) is 7.49. The Kier molecular flexibility index (Phi) is 7.08. The monoisotopic (exact) mass is 533 g/mol. The number of carbonyl (C=O) groups is 1. The average molecular weight is 534 g/mol. The zero-order chi connectivity index (χ0) is 25.9. The maximum Gasteiger partial charge on any atom is 0.354 e. The van der Waals surface area contributed by atoms with Gasteiger partial charge in [-0.3, -0.25) is 0 Å². The second kappa shape index (κ2) is 10.6. The van der Waals surface area contributed by atoms with Crippen molar-refractivity contribution in [1.82, 2.24) is 15.1 Å². The summed E-state index contributed by atoms with van der Waals surface area (Å²) in [5.41, 5.74) is 4.45.